The second-order valence-electron chi connectivity index (χ2n) is 6.66. The summed E-state index contributed by atoms with van der Waals surface area (Å²) in [7, 11) is 0. The van der Waals surface area contributed by atoms with Crippen LogP contribution >= 0.6 is 11.8 Å². The van der Waals surface area contributed by atoms with Crippen molar-refractivity contribution in [3.05, 3.63) is 83.9 Å². The molecular weight excluding hydrogens is 397 g/mol. The van der Waals surface area contributed by atoms with Crippen molar-refractivity contribution in [1.82, 2.24) is 0 Å². The van der Waals surface area contributed by atoms with Gasteiger partial charge in [0.2, 0.25) is 0 Å². The molecule has 4 rings (SSSR count). The van der Waals surface area contributed by atoms with E-state index in [2.05, 4.69) is 0 Å². The highest BCUT2D eigenvalue weighted by molar-refractivity contribution is 7.99. The van der Waals surface area contributed by atoms with Gasteiger partial charge in [0.1, 0.15) is 6.54 Å². The van der Waals surface area contributed by atoms with Crippen LogP contribution in [0.15, 0.2) is 82.6 Å². The fraction of sp³-hybridized carbons (Fsp3) is 0.136. The molecule has 148 valence electrons. The van der Waals surface area contributed by atoms with Crippen molar-refractivity contribution < 1.29 is 23.3 Å². The van der Waals surface area contributed by atoms with Crippen LogP contribution in [0.25, 0.3) is 0 Å². The molecule has 7 heteroatoms. The molecule has 0 unspecified atom stereocenters. The van der Waals surface area contributed by atoms with Crippen molar-refractivity contribution in [2.45, 2.75) is 22.5 Å². The first-order valence-electron chi connectivity index (χ1n) is 9.10. The Kier molecular flexibility index (Phi) is 5.34. The zero-order valence-corrected chi connectivity index (χ0v) is 16.1. The second-order valence-corrected chi connectivity index (χ2v) is 7.75. The van der Waals surface area contributed by atoms with Crippen molar-refractivity contribution in [3.8, 4) is 0 Å². The van der Waals surface area contributed by atoms with Crippen molar-refractivity contribution >= 4 is 29.0 Å². The van der Waals surface area contributed by atoms with Gasteiger partial charge >= 0.3 is 6.18 Å². The van der Waals surface area contributed by atoms with Gasteiger partial charge in [0, 0.05) is 15.4 Å². The molecule has 1 aliphatic heterocycles. The number of halogens is 3. The average Bonchev–Trinajstić information content (AvgIpc) is 2.71. The number of hydrogen-bond donors (Lipinski definition) is 1. The molecule has 0 aliphatic carbocycles. The smallest absolute Gasteiger partial charge is 0.335 e. The molecule has 0 spiro atoms. The zero-order chi connectivity index (χ0) is 20.4. The summed E-state index contributed by atoms with van der Waals surface area (Å²) < 4.78 is 39.8. The van der Waals surface area contributed by atoms with Gasteiger partial charge in [-0.05, 0) is 30.3 Å². The minimum Gasteiger partial charge on any atom is -0.335 e. The lowest BCUT2D eigenvalue weighted by molar-refractivity contribution is -0.659. The number of amides is 1. The molecular formula is C22H18F3N2OS+. The highest BCUT2D eigenvalue weighted by Gasteiger charge is 2.35. The van der Waals surface area contributed by atoms with Crippen molar-refractivity contribution in [3.63, 3.8) is 0 Å². The number of nitrogens with two attached hydrogens (primary N) is 1. The Hall–Kier alpha value is -2.77. The summed E-state index contributed by atoms with van der Waals surface area (Å²) in [4.78, 5) is 16.0. The number of hydrogen-bond acceptors (Lipinski definition) is 2. The van der Waals surface area contributed by atoms with Crippen LogP contribution in [0.5, 0.6) is 0 Å². The summed E-state index contributed by atoms with van der Waals surface area (Å²) in [5.41, 5.74) is 1.21. The summed E-state index contributed by atoms with van der Waals surface area (Å²) in [6.45, 7) is 0.746. The molecule has 0 radical (unpaired) electrons. The van der Waals surface area contributed by atoms with E-state index in [0.29, 0.717) is 17.1 Å². The van der Waals surface area contributed by atoms with Crippen molar-refractivity contribution in [1.29, 1.82) is 0 Å². The summed E-state index contributed by atoms with van der Waals surface area (Å²) in [5.74, 6) is -0.255. The van der Waals surface area contributed by atoms with E-state index in [1.54, 1.807) is 12.1 Å². The Balaban J connectivity index is 1.63. The van der Waals surface area contributed by atoms with E-state index in [4.69, 9.17) is 0 Å². The third kappa shape index (κ3) is 4.16. The predicted molar refractivity (Wildman–Crippen MR) is 106 cm³/mol. The topological polar surface area (TPSA) is 36.9 Å². The lowest BCUT2D eigenvalue weighted by atomic mass is 10.1. The molecule has 2 N–H and O–H groups in total. The Morgan fingerprint density at radius 1 is 0.897 bits per heavy atom. The van der Waals surface area contributed by atoms with Crippen LogP contribution in [-0.4, -0.2) is 12.5 Å². The van der Waals surface area contributed by atoms with Gasteiger partial charge in [-0.1, -0.05) is 54.2 Å². The fourth-order valence-electron chi connectivity index (χ4n) is 3.27. The van der Waals surface area contributed by atoms with Crippen LogP contribution in [0, 0.1) is 0 Å². The van der Waals surface area contributed by atoms with Crippen molar-refractivity contribution in [2.75, 3.05) is 11.4 Å². The molecule has 1 aliphatic rings. The van der Waals surface area contributed by atoms with E-state index in [9.17, 15) is 18.0 Å². The van der Waals surface area contributed by atoms with Crippen molar-refractivity contribution in [2.24, 2.45) is 0 Å². The van der Waals surface area contributed by atoms with Gasteiger partial charge in [-0.3, -0.25) is 9.69 Å². The van der Waals surface area contributed by atoms with E-state index < -0.39 is 11.7 Å². The number of quaternary nitrogens is 1. The standard InChI is InChI=1S/C22H17F3N2OS/c23-22(24,25)16-10-11-20-18(12-16)27(17-8-4-5-9-19(17)29-20)21(28)14-26-13-15-6-2-1-3-7-15/h1-12,26H,13-14H2/p+1. The van der Waals surface area contributed by atoms with Gasteiger partial charge in [-0.2, -0.15) is 13.2 Å². The minimum absolute atomic E-state index is 0.129. The van der Waals surface area contributed by atoms with Crippen LogP contribution in [0.4, 0.5) is 24.5 Å². The zero-order valence-electron chi connectivity index (χ0n) is 15.3. The molecule has 0 bridgehead atoms. The summed E-state index contributed by atoms with van der Waals surface area (Å²) in [6, 6.07) is 20.6. The number of carbonyl (C=O) groups excluding carboxylic acids is 1. The number of para-hydroxylation sites is 1. The summed E-state index contributed by atoms with van der Waals surface area (Å²) >= 11 is 1.37. The number of anilines is 2. The van der Waals surface area contributed by atoms with Gasteiger partial charge < -0.3 is 5.32 Å². The van der Waals surface area contributed by atoms with Gasteiger partial charge in [-0.15, -0.1) is 0 Å². The molecule has 0 atom stereocenters. The van der Waals surface area contributed by atoms with Crippen LogP contribution in [0.1, 0.15) is 11.1 Å². The third-order valence-electron chi connectivity index (χ3n) is 4.64. The third-order valence-corrected chi connectivity index (χ3v) is 5.77. The van der Waals surface area contributed by atoms with Crippen LogP contribution in [0.2, 0.25) is 0 Å². The molecule has 1 amide bonds. The van der Waals surface area contributed by atoms with Gasteiger partial charge in [0.15, 0.2) is 6.54 Å². The lowest BCUT2D eigenvalue weighted by Crippen LogP contribution is -2.85. The van der Waals surface area contributed by atoms with Gasteiger partial charge in [-0.25, -0.2) is 0 Å². The number of benzene rings is 3. The fourth-order valence-corrected chi connectivity index (χ4v) is 4.31. The Bertz CT molecular complexity index is 1040. The predicted octanol–water partition coefficient (Wildman–Crippen LogP) is 4.60. The highest BCUT2D eigenvalue weighted by Crippen LogP contribution is 2.49. The molecule has 3 nitrogen and oxygen atoms in total. The summed E-state index contributed by atoms with van der Waals surface area (Å²) in [6.07, 6.45) is -4.47. The van der Waals surface area contributed by atoms with Crippen LogP contribution < -0.4 is 10.2 Å². The Labute approximate surface area is 170 Å². The van der Waals surface area contributed by atoms with E-state index >= 15 is 0 Å². The molecule has 3 aromatic rings. The largest absolute Gasteiger partial charge is 0.416 e. The summed E-state index contributed by atoms with van der Waals surface area (Å²) in [5, 5.41) is 1.86. The number of carbonyl (C=O) groups is 1. The Morgan fingerprint density at radius 3 is 2.34 bits per heavy atom. The average molecular weight is 415 g/mol. The van der Waals surface area contributed by atoms with Crippen LogP contribution in [-0.2, 0) is 17.5 Å². The number of fused-ring (bicyclic) bond motifs is 2. The molecule has 0 saturated heterocycles. The quantitative estimate of drug-likeness (QED) is 0.676. The molecule has 0 aromatic heterocycles. The van der Waals surface area contributed by atoms with E-state index in [1.165, 1.54) is 22.7 Å². The van der Waals surface area contributed by atoms with E-state index in [1.807, 2.05) is 47.8 Å². The number of nitrogens with zero attached hydrogens (tertiary/aromatic N) is 1. The highest BCUT2D eigenvalue weighted by atomic mass is 32.2. The molecule has 1 heterocycles. The molecule has 3 aromatic carbocycles. The first kappa shape index (κ1) is 19.5. The maximum Gasteiger partial charge on any atom is 0.416 e. The number of alkyl halides is 3. The minimum atomic E-state index is -4.47. The SMILES string of the molecule is O=C(C[NH2+]Cc1ccccc1)N1c2ccccc2Sc2ccc(C(F)(F)F)cc21. The first-order chi connectivity index (χ1) is 13.9. The second kappa shape index (κ2) is 7.93. The van der Waals surface area contributed by atoms with Crippen LogP contribution in [0.3, 0.4) is 0 Å². The van der Waals surface area contributed by atoms with Gasteiger partial charge in [0.25, 0.3) is 5.91 Å². The molecule has 0 saturated carbocycles. The first-order valence-corrected chi connectivity index (χ1v) is 9.92. The Morgan fingerprint density at radius 2 is 1.59 bits per heavy atom. The molecule has 0 fully saturated rings. The maximum absolute atomic E-state index is 13.3. The van der Waals surface area contributed by atoms with E-state index in [-0.39, 0.29) is 18.1 Å². The normalized spacial score (nSPS) is 13.0. The monoisotopic (exact) mass is 415 g/mol. The maximum atomic E-state index is 13.3. The molecule has 29 heavy (non-hydrogen) atoms. The number of rotatable bonds is 4. The lowest BCUT2D eigenvalue weighted by Gasteiger charge is -2.31. The van der Waals surface area contributed by atoms with Gasteiger partial charge in [0.05, 0.1) is 16.9 Å². The van der Waals surface area contributed by atoms with E-state index in [0.717, 1.165) is 22.6 Å².